The van der Waals surface area contributed by atoms with Crippen molar-refractivity contribution < 1.29 is 0 Å². The molecule has 0 aliphatic carbocycles. The first-order valence-corrected chi connectivity index (χ1v) is 8.41. The highest BCUT2D eigenvalue weighted by Gasteiger charge is 2.15. The average Bonchev–Trinajstić information content (AvgIpc) is 2.47. The number of hydrogen-bond acceptors (Lipinski definition) is 3. The fraction of sp³-hybridized carbons (Fsp3) is 0.333. The van der Waals surface area contributed by atoms with Crippen molar-refractivity contribution in [2.75, 3.05) is 11.9 Å². The van der Waals surface area contributed by atoms with Crippen LogP contribution in [0.3, 0.4) is 0 Å². The summed E-state index contributed by atoms with van der Waals surface area (Å²) in [5, 5.41) is 5.96. The molecule has 0 saturated heterocycles. The fourth-order valence-electron chi connectivity index (χ4n) is 2.60. The first kappa shape index (κ1) is 16.0. The molecule has 2 heterocycles. The first-order chi connectivity index (χ1) is 10.8. The van der Waals surface area contributed by atoms with Gasteiger partial charge in [-0.05, 0) is 36.1 Å². The van der Waals surface area contributed by atoms with Crippen LogP contribution in [0.25, 0.3) is 21.7 Å². The van der Waals surface area contributed by atoms with Gasteiger partial charge >= 0.3 is 0 Å². The number of nitrogens with zero attached hydrogens (tertiary/aromatic N) is 1. The van der Waals surface area contributed by atoms with Gasteiger partial charge in [-0.25, -0.2) is 4.98 Å². The summed E-state index contributed by atoms with van der Waals surface area (Å²) in [7, 11) is 0. The van der Waals surface area contributed by atoms with Crippen LogP contribution in [0.4, 0.5) is 5.82 Å². The molecule has 0 saturated carbocycles. The molecule has 0 fully saturated rings. The van der Waals surface area contributed by atoms with E-state index in [4.69, 9.17) is 4.98 Å². The van der Waals surface area contributed by atoms with Crippen molar-refractivity contribution in [2.24, 2.45) is 5.41 Å². The highest BCUT2D eigenvalue weighted by molar-refractivity contribution is 9.10. The van der Waals surface area contributed by atoms with Crippen molar-refractivity contribution in [1.29, 1.82) is 0 Å². The van der Waals surface area contributed by atoms with Gasteiger partial charge in [-0.3, -0.25) is 4.79 Å². The Morgan fingerprint density at radius 2 is 2.00 bits per heavy atom. The highest BCUT2D eigenvalue weighted by Crippen LogP contribution is 2.31. The van der Waals surface area contributed by atoms with E-state index in [1.807, 2.05) is 25.1 Å². The lowest BCUT2D eigenvalue weighted by Crippen LogP contribution is -2.20. The van der Waals surface area contributed by atoms with Crippen LogP contribution < -0.4 is 10.9 Å². The van der Waals surface area contributed by atoms with Crippen LogP contribution in [0.2, 0.25) is 0 Å². The number of anilines is 1. The number of pyridine rings is 2. The van der Waals surface area contributed by atoms with Gasteiger partial charge < -0.3 is 10.3 Å². The van der Waals surface area contributed by atoms with Crippen LogP contribution >= 0.6 is 15.9 Å². The first-order valence-electron chi connectivity index (χ1n) is 7.61. The van der Waals surface area contributed by atoms with E-state index >= 15 is 0 Å². The molecule has 0 spiro atoms. The van der Waals surface area contributed by atoms with Crippen LogP contribution in [0.15, 0.2) is 33.7 Å². The molecule has 1 aromatic carbocycles. The van der Waals surface area contributed by atoms with Gasteiger partial charge in [-0.2, -0.15) is 0 Å². The zero-order chi connectivity index (χ0) is 16.8. The average molecular weight is 374 g/mol. The minimum Gasteiger partial charge on any atom is -0.369 e. The predicted molar refractivity (Wildman–Crippen MR) is 100 cm³/mol. The molecule has 5 heteroatoms. The van der Waals surface area contributed by atoms with Gasteiger partial charge in [0, 0.05) is 28.0 Å². The molecule has 23 heavy (non-hydrogen) atoms. The van der Waals surface area contributed by atoms with Gasteiger partial charge in [0.15, 0.2) is 0 Å². The molecule has 3 rings (SSSR count). The van der Waals surface area contributed by atoms with Gasteiger partial charge in [-0.15, -0.1) is 0 Å². The SMILES string of the molecule is Cc1c[nH]c(=O)c2c1nc(NCC(C)(C)C)c1ccc(Br)cc12. The summed E-state index contributed by atoms with van der Waals surface area (Å²) in [6.07, 6.45) is 1.72. The van der Waals surface area contributed by atoms with Gasteiger partial charge in [0.05, 0.1) is 10.9 Å². The second-order valence-corrected chi connectivity index (χ2v) is 8.00. The maximum atomic E-state index is 12.4. The molecule has 3 aromatic rings. The van der Waals surface area contributed by atoms with Crippen LogP contribution in [0.5, 0.6) is 0 Å². The molecular weight excluding hydrogens is 354 g/mol. The zero-order valence-electron chi connectivity index (χ0n) is 13.7. The fourth-order valence-corrected chi connectivity index (χ4v) is 2.96. The molecule has 0 atom stereocenters. The summed E-state index contributed by atoms with van der Waals surface area (Å²) in [6, 6.07) is 5.96. The lowest BCUT2D eigenvalue weighted by Gasteiger charge is -2.20. The number of aromatic nitrogens is 2. The third kappa shape index (κ3) is 3.11. The summed E-state index contributed by atoms with van der Waals surface area (Å²) in [6.45, 7) is 9.29. The number of H-pyrrole nitrogens is 1. The molecule has 2 aromatic heterocycles. The number of nitrogens with one attached hydrogen (secondary N) is 2. The topological polar surface area (TPSA) is 57.8 Å². The van der Waals surface area contributed by atoms with Crippen LogP contribution in [0.1, 0.15) is 26.3 Å². The molecular formula is C18H20BrN3O. The summed E-state index contributed by atoms with van der Waals surface area (Å²) >= 11 is 3.50. The Bertz CT molecular complexity index is 954. The minimum atomic E-state index is -0.108. The van der Waals surface area contributed by atoms with Crippen molar-refractivity contribution in [1.82, 2.24) is 9.97 Å². The number of aryl methyl sites for hydroxylation is 1. The van der Waals surface area contributed by atoms with E-state index in [-0.39, 0.29) is 11.0 Å². The number of fused-ring (bicyclic) bond motifs is 3. The molecule has 0 radical (unpaired) electrons. The van der Waals surface area contributed by atoms with Crippen molar-refractivity contribution in [3.05, 3.63) is 44.8 Å². The molecule has 0 bridgehead atoms. The molecule has 0 aliphatic heterocycles. The Hall–Kier alpha value is -1.88. The summed E-state index contributed by atoms with van der Waals surface area (Å²) < 4.78 is 0.945. The second-order valence-electron chi connectivity index (χ2n) is 7.09. The number of hydrogen-bond donors (Lipinski definition) is 2. The molecule has 0 amide bonds. The maximum Gasteiger partial charge on any atom is 0.258 e. The Labute approximate surface area is 143 Å². The monoisotopic (exact) mass is 373 g/mol. The Morgan fingerprint density at radius 1 is 1.26 bits per heavy atom. The lowest BCUT2D eigenvalue weighted by molar-refractivity contribution is 0.443. The van der Waals surface area contributed by atoms with Gasteiger partial charge in [0.25, 0.3) is 5.56 Å². The van der Waals surface area contributed by atoms with E-state index in [0.717, 1.165) is 38.7 Å². The smallest absolute Gasteiger partial charge is 0.258 e. The van der Waals surface area contributed by atoms with Crippen molar-refractivity contribution in [2.45, 2.75) is 27.7 Å². The Morgan fingerprint density at radius 3 is 2.70 bits per heavy atom. The lowest BCUT2D eigenvalue weighted by atomic mass is 9.97. The Kier molecular flexibility index (Phi) is 3.92. The maximum absolute atomic E-state index is 12.4. The summed E-state index contributed by atoms with van der Waals surface area (Å²) in [4.78, 5) is 19.9. The number of rotatable bonds is 2. The second kappa shape index (κ2) is 5.64. The zero-order valence-corrected chi connectivity index (χ0v) is 15.3. The third-order valence-electron chi connectivity index (χ3n) is 3.77. The molecule has 120 valence electrons. The Balaban J connectivity index is 2.35. The van der Waals surface area contributed by atoms with E-state index in [1.165, 1.54) is 0 Å². The van der Waals surface area contributed by atoms with Crippen LogP contribution in [0, 0.1) is 12.3 Å². The van der Waals surface area contributed by atoms with Gasteiger partial charge in [0.2, 0.25) is 0 Å². The normalized spacial score (nSPS) is 12.0. The van der Waals surface area contributed by atoms with Crippen molar-refractivity contribution >= 4 is 43.4 Å². The number of aromatic amines is 1. The molecule has 0 aliphatic rings. The van der Waals surface area contributed by atoms with E-state index in [0.29, 0.717) is 5.39 Å². The largest absolute Gasteiger partial charge is 0.369 e. The number of benzene rings is 1. The van der Waals surface area contributed by atoms with Crippen LogP contribution in [-0.4, -0.2) is 16.5 Å². The van der Waals surface area contributed by atoms with E-state index in [1.54, 1.807) is 6.20 Å². The van der Waals surface area contributed by atoms with E-state index < -0.39 is 0 Å². The minimum absolute atomic E-state index is 0.108. The third-order valence-corrected chi connectivity index (χ3v) is 4.27. The summed E-state index contributed by atoms with van der Waals surface area (Å²) in [5.41, 5.74) is 1.74. The molecule has 4 nitrogen and oxygen atoms in total. The van der Waals surface area contributed by atoms with E-state index in [9.17, 15) is 4.79 Å². The van der Waals surface area contributed by atoms with Gasteiger partial charge in [0.1, 0.15) is 5.82 Å². The van der Waals surface area contributed by atoms with E-state index in [2.05, 4.69) is 47.0 Å². The van der Waals surface area contributed by atoms with Crippen molar-refractivity contribution in [3.63, 3.8) is 0 Å². The molecule has 2 N–H and O–H groups in total. The van der Waals surface area contributed by atoms with Gasteiger partial charge in [-0.1, -0.05) is 36.7 Å². The predicted octanol–water partition coefficient (Wildman–Crippen LogP) is 4.61. The quantitative estimate of drug-likeness (QED) is 0.645. The highest BCUT2D eigenvalue weighted by atomic mass is 79.9. The number of halogens is 1. The van der Waals surface area contributed by atoms with Crippen LogP contribution in [-0.2, 0) is 0 Å². The summed E-state index contributed by atoms with van der Waals surface area (Å²) in [5.74, 6) is 0.823. The van der Waals surface area contributed by atoms with Crippen molar-refractivity contribution in [3.8, 4) is 0 Å². The molecule has 0 unspecified atom stereocenters. The standard InChI is InChI=1S/C18H20BrN3O/c1-10-8-20-17(23)14-13-7-11(19)5-6-12(13)16(22-15(10)14)21-9-18(2,3)4/h5-8H,9H2,1-4H3,(H,20,23)(H,21,22).